The Morgan fingerprint density at radius 3 is 2.69 bits per heavy atom. The Labute approximate surface area is 104 Å². The van der Waals surface area contributed by atoms with Gasteiger partial charge >= 0.3 is 0 Å². The van der Waals surface area contributed by atoms with Crippen molar-refractivity contribution in [2.24, 2.45) is 0 Å². The van der Waals surface area contributed by atoms with Gasteiger partial charge in [-0.1, -0.05) is 0 Å². The summed E-state index contributed by atoms with van der Waals surface area (Å²) in [5.41, 5.74) is 0. The smallest absolute Gasteiger partial charge is 0.148 e. The number of anilines is 2. The van der Waals surface area contributed by atoms with Crippen molar-refractivity contribution in [3.8, 4) is 0 Å². The standard InChI is InChI=1S/C10H17BrN4O/c1-7(2)15(4-5-16)10-8(11)9(12-3)13-6-14-10/h6-7,16H,4-5H2,1-3H3,(H,12,13,14). The fourth-order valence-corrected chi connectivity index (χ4v) is 2.08. The van der Waals surface area contributed by atoms with Crippen LogP contribution in [0.15, 0.2) is 10.8 Å². The van der Waals surface area contributed by atoms with Crippen LogP contribution in [-0.4, -0.2) is 41.3 Å². The lowest BCUT2D eigenvalue weighted by Gasteiger charge is -2.28. The van der Waals surface area contributed by atoms with E-state index in [2.05, 4.69) is 45.1 Å². The van der Waals surface area contributed by atoms with Crippen molar-refractivity contribution < 1.29 is 5.11 Å². The maximum absolute atomic E-state index is 9.05. The van der Waals surface area contributed by atoms with Crippen LogP contribution in [0.4, 0.5) is 11.6 Å². The predicted octanol–water partition coefficient (Wildman–Crippen LogP) is 1.49. The molecular formula is C10H17BrN4O. The summed E-state index contributed by atoms with van der Waals surface area (Å²) in [5, 5.41) is 12.0. The summed E-state index contributed by atoms with van der Waals surface area (Å²) in [6, 6.07) is 0.267. The van der Waals surface area contributed by atoms with Gasteiger partial charge in [0.15, 0.2) is 0 Å². The molecule has 0 unspecified atom stereocenters. The van der Waals surface area contributed by atoms with Gasteiger partial charge in [0.05, 0.1) is 6.61 Å². The van der Waals surface area contributed by atoms with Gasteiger partial charge in [-0.3, -0.25) is 0 Å². The quantitative estimate of drug-likeness (QED) is 0.860. The minimum absolute atomic E-state index is 0.101. The summed E-state index contributed by atoms with van der Waals surface area (Å²) >= 11 is 3.47. The third kappa shape index (κ3) is 2.82. The third-order valence-electron chi connectivity index (χ3n) is 2.24. The van der Waals surface area contributed by atoms with Gasteiger partial charge in [-0.25, -0.2) is 9.97 Å². The van der Waals surface area contributed by atoms with E-state index in [4.69, 9.17) is 5.11 Å². The van der Waals surface area contributed by atoms with E-state index in [9.17, 15) is 0 Å². The van der Waals surface area contributed by atoms with Gasteiger partial charge in [-0.2, -0.15) is 0 Å². The third-order valence-corrected chi connectivity index (χ3v) is 2.97. The van der Waals surface area contributed by atoms with Gasteiger partial charge in [0, 0.05) is 19.6 Å². The Hall–Kier alpha value is -0.880. The summed E-state index contributed by atoms with van der Waals surface area (Å²) in [5.74, 6) is 1.54. The number of hydrogen-bond acceptors (Lipinski definition) is 5. The molecule has 1 heterocycles. The molecule has 0 aliphatic carbocycles. The molecule has 16 heavy (non-hydrogen) atoms. The van der Waals surface area contributed by atoms with Crippen molar-refractivity contribution in [2.45, 2.75) is 19.9 Å². The number of hydrogen-bond donors (Lipinski definition) is 2. The fourth-order valence-electron chi connectivity index (χ4n) is 1.45. The van der Waals surface area contributed by atoms with E-state index in [1.54, 1.807) is 0 Å². The number of nitrogens with one attached hydrogen (secondary N) is 1. The molecule has 90 valence electrons. The molecule has 0 saturated carbocycles. The second kappa shape index (κ2) is 6.00. The summed E-state index contributed by atoms with van der Waals surface area (Å²) in [6.45, 7) is 4.77. The average Bonchev–Trinajstić information content (AvgIpc) is 2.26. The first-order chi connectivity index (χ1) is 7.61. The Morgan fingerprint density at radius 1 is 1.50 bits per heavy atom. The highest BCUT2D eigenvalue weighted by molar-refractivity contribution is 9.10. The molecule has 1 rings (SSSR count). The van der Waals surface area contributed by atoms with Crippen molar-refractivity contribution in [1.82, 2.24) is 9.97 Å². The molecule has 6 heteroatoms. The molecule has 1 aromatic rings. The summed E-state index contributed by atoms with van der Waals surface area (Å²) in [4.78, 5) is 10.4. The number of aliphatic hydroxyl groups is 1. The molecule has 0 fully saturated rings. The number of aromatic nitrogens is 2. The average molecular weight is 289 g/mol. The molecule has 0 atom stereocenters. The first-order valence-electron chi connectivity index (χ1n) is 5.17. The van der Waals surface area contributed by atoms with Crippen LogP contribution in [0.2, 0.25) is 0 Å². The molecule has 2 N–H and O–H groups in total. The lowest BCUT2D eigenvalue weighted by atomic mass is 10.3. The van der Waals surface area contributed by atoms with Gasteiger partial charge in [0.25, 0.3) is 0 Å². The fraction of sp³-hybridized carbons (Fsp3) is 0.600. The molecule has 0 bridgehead atoms. The Kier molecular flexibility index (Phi) is 4.95. The normalized spacial score (nSPS) is 10.6. The first-order valence-corrected chi connectivity index (χ1v) is 5.96. The van der Waals surface area contributed by atoms with Crippen molar-refractivity contribution in [2.75, 3.05) is 30.4 Å². The molecule has 1 aromatic heterocycles. The van der Waals surface area contributed by atoms with Crippen molar-refractivity contribution in [3.63, 3.8) is 0 Å². The van der Waals surface area contributed by atoms with Crippen molar-refractivity contribution >= 4 is 27.6 Å². The number of aliphatic hydroxyl groups excluding tert-OH is 1. The highest BCUT2D eigenvalue weighted by Gasteiger charge is 2.16. The Balaban J connectivity index is 3.08. The zero-order valence-electron chi connectivity index (χ0n) is 9.74. The second-order valence-corrected chi connectivity index (χ2v) is 4.41. The van der Waals surface area contributed by atoms with Crippen LogP contribution in [0.3, 0.4) is 0 Å². The highest BCUT2D eigenvalue weighted by atomic mass is 79.9. The summed E-state index contributed by atoms with van der Waals surface area (Å²) in [7, 11) is 1.81. The summed E-state index contributed by atoms with van der Waals surface area (Å²) in [6.07, 6.45) is 1.51. The zero-order chi connectivity index (χ0) is 12.1. The van der Waals surface area contributed by atoms with Crippen LogP contribution in [0.25, 0.3) is 0 Å². The minimum Gasteiger partial charge on any atom is -0.395 e. The van der Waals surface area contributed by atoms with E-state index in [-0.39, 0.29) is 12.6 Å². The van der Waals surface area contributed by atoms with E-state index < -0.39 is 0 Å². The van der Waals surface area contributed by atoms with Gasteiger partial charge in [-0.05, 0) is 29.8 Å². The van der Waals surface area contributed by atoms with Crippen LogP contribution in [0.1, 0.15) is 13.8 Å². The molecular weight excluding hydrogens is 272 g/mol. The van der Waals surface area contributed by atoms with E-state index in [1.165, 1.54) is 6.33 Å². The van der Waals surface area contributed by atoms with Crippen LogP contribution in [0, 0.1) is 0 Å². The van der Waals surface area contributed by atoms with Crippen LogP contribution < -0.4 is 10.2 Å². The molecule has 0 radical (unpaired) electrons. The molecule has 0 amide bonds. The molecule has 0 saturated heterocycles. The summed E-state index contributed by atoms with van der Waals surface area (Å²) < 4.78 is 0.819. The maximum Gasteiger partial charge on any atom is 0.148 e. The minimum atomic E-state index is 0.101. The molecule has 0 spiro atoms. The van der Waals surface area contributed by atoms with Crippen LogP contribution in [0.5, 0.6) is 0 Å². The highest BCUT2D eigenvalue weighted by Crippen LogP contribution is 2.29. The van der Waals surface area contributed by atoms with Crippen LogP contribution in [-0.2, 0) is 0 Å². The van der Waals surface area contributed by atoms with Gasteiger partial charge in [0.1, 0.15) is 22.4 Å². The Bertz CT molecular complexity index is 346. The molecule has 0 aromatic carbocycles. The largest absolute Gasteiger partial charge is 0.395 e. The number of nitrogens with zero attached hydrogens (tertiary/aromatic N) is 3. The number of halogens is 1. The lowest BCUT2D eigenvalue weighted by molar-refractivity contribution is 0.298. The zero-order valence-corrected chi connectivity index (χ0v) is 11.3. The van der Waals surface area contributed by atoms with Gasteiger partial charge in [0.2, 0.25) is 0 Å². The Morgan fingerprint density at radius 2 is 2.19 bits per heavy atom. The van der Waals surface area contributed by atoms with Crippen molar-refractivity contribution in [1.29, 1.82) is 0 Å². The molecule has 5 nitrogen and oxygen atoms in total. The molecule has 0 aliphatic rings. The van der Waals surface area contributed by atoms with Gasteiger partial charge < -0.3 is 15.3 Å². The van der Waals surface area contributed by atoms with E-state index in [1.807, 2.05) is 11.9 Å². The SMILES string of the molecule is CNc1ncnc(N(CCO)C(C)C)c1Br. The monoisotopic (exact) mass is 288 g/mol. The number of rotatable bonds is 5. The van der Waals surface area contributed by atoms with Crippen molar-refractivity contribution in [3.05, 3.63) is 10.8 Å². The van der Waals surface area contributed by atoms with Gasteiger partial charge in [-0.15, -0.1) is 0 Å². The maximum atomic E-state index is 9.05. The molecule has 0 aliphatic heterocycles. The van der Waals surface area contributed by atoms with E-state index in [0.29, 0.717) is 6.54 Å². The van der Waals surface area contributed by atoms with E-state index >= 15 is 0 Å². The lowest BCUT2D eigenvalue weighted by Crippen LogP contribution is -2.34. The van der Waals surface area contributed by atoms with Crippen LogP contribution >= 0.6 is 15.9 Å². The van der Waals surface area contributed by atoms with E-state index in [0.717, 1.165) is 16.1 Å². The topological polar surface area (TPSA) is 61.3 Å². The first kappa shape index (κ1) is 13.2. The second-order valence-electron chi connectivity index (χ2n) is 3.62. The predicted molar refractivity (Wildman–Crippen MR) is 68.8 cm³/mol.